The van der Waals surface area contributed by atoms with Crippen molar-refractivity contribution in [1.29, 1.82) is 0 Å². The Morgan fingerprint density at radius 3 is 2.64 bits per heavy atom. The van der Waals surface area contributed by atoms with Crippen LogP contribution in [-0.4, -0.2) is 71.8 Å². The van der Waals surface area contributed by atoms with E-state index in [1.807, 2.05) is 0 Å². The molecule has 15 nitrogen and oxygen atoms in total. The SMILES string of the molecule is Cc1cn([C@H]2C[C@@H](O)C(COP(O)(=S)O[C@@H]3C[C@H](n4ccc(N)nc4=O)OC3CO)O2)c(=O)[nH]c1=O. The van der Waals surface area contributed by atoms with Crippen LogP contribution in [0.2, 0.25) is 0 Å². The average molecular weight is 547 g/mol. The molecule has 7 atom stereocenters. The van der Waals surface area contributed by atoms with Gasteiger partial charge in [0, 0.05) is 30.8 Å². The zero-order chi connectivity index (χ0) is 26.2. The number of anilines is 1. The Bertz CT molecular complexity index is 1330. The summed E-state index contributed by atoms with van der Waals surface area (Å²) < 4.78 is 24.6. The zero-order valence-corrected chi connectivity index (χ0v) is 20.7. The van der Waals surface area contributed by atoms with Crippen molar-refractivity contribution in [3.05, 3.63) is 55.3 Å². The molecule has 0 radical (unpaired) electrons. The molecule has 17 heteroatoms. The summed E-state index contributed by atoms with van der Waals surface area (Å²) in [4.78, 5) is 52.2. The molecule has 2 aliphatic rings. The van der Waals surface area contributed by atoms with Crippen LogP contribution in [0.5, 0.6) is 0 Å². The van der Waals surface area contributed by atoms with Gasteiger partial charge in [0.1, 0.15) is 30.5 Å². The molecule has 2 saturated heterocycles. The number of rotatable bonds is 8. The quantitative estimate of drug-likeness (QED) is 0.232. The molecule has 0 aromatic carbocycles. The molecule has 198 valence electrons. The molecular weight excluding hydrogens is 521 g/mol. The van der Waals surface area contributed by atoms with Gasteiger partial charge in [-0.05, 0) is 24.8 Å². The molecule has 0 spiro atoms. The van der Waals surface area contributed by atoms with E-state index in [0.717, 1.165) is 4.57 Å². The van der Waals surface area contributed by atoms with Gasteiger partial charge >= 0.3 is 18.1 Å². The third-order valence-electron chi connectivity index (χ3n) is 5.85. The Morgan fingerprint density at radius 1 is 1.25 bits per heavy atom. The number of hydrogen-bond acceptors (Lipinski definition) is 12. The number of nitrogens with zero attached hydrogens (tertiary/aromatic N) is 3. The maximum absolute atomic E-state index is 12.1. The van der Waals surface area contributed by atoms with Crippen LogP contribution in [0.15, 0.2) is 32.8 Å². The van der Waals surface area contributed by atoms with E-state index in [1.54, 1.807) is 0 Å². The van der Waals surface area contributed by atoms with Crippen molar-refractivity contribution in [1.82, 2.24) is 19.1 Å². The molecule has 4 rings (SSSR count). The minimum atomic E-state index is -3.91. The number of nitrogens with one attached hydrogen (secondary N) is 1. The van der Waals surface area contributed by atoms with E-state index in [2.05, 4.69) is 9.97 Å². The summed E-state index contributed by atoms with van der Waals surface area (Å²) in [5, 5.41) is 20.0. The van der Waals surface area contributed by atoms with E-state index < -0.39 is 67.1 Å². The molecule has 3 unspecified atom stereocenters. The van der Waals surface area contributed by atoms with Gasteiger partial charge < -0.3 is 39.4 Å². The summed E-state index contributed by atoms with van der Waals surface area (Å²) in [5.74, 6) is 0.0409. The number of aromatic amines is 1. The van der Waals surface area contributed by atoms with Crippen LogP contribution in [0.1, 0.15) is 30.9 Å². The van der Waals surface area contributed by atoms with E-state index in [-0.39, 0.29) is 25.3 Å². The van der Waals surface area contributed by atoms with Crippen LogP contribution in [-0.2, 0) is 30.3 Å². The maximum Gasteiger partial charge on any atom is 0.351 e. The lowest BCUT2D eigenvalue weighted by molar-refractivity contribution is -0.0531. The standard InChI is InChI=1S/C19H26N5O10PS/c1-9-6-24(19(29)22-17(9)27)15-4-10(26)13(33-15)8-31-35(30,36)34-11-5-16(32-12(11)7-25)23-3-2-14(20)21-18(23)28/h2-3,6,10-13,15-16,25-26H,4-5,7-8H2,1H3,(H,30,36)(H2,20,21,28)(H,22,27,29)/t10-,11-,12?,13?,15-,16-,35?/m1/s1. The second-order valence-electron chi connectivity index (χ2n) is 8.41. The molecular formula is C19H26N5O10PS. The van der Waals surface area contributed by atoms with Crippen molar-refractivity contribution in [3.63, 3.8) is 0 Å². The lowest BCUT2D eigenvalue weighted by Gasteiger charge is -2.24. The van der Waals surface area contributed by atoms with Gasteiger partial charge in [0.25, 0.3) is 5.56 Å². The van der Waals surface area contributed by atoms with Crippen molar-refractivity contribution in [2.75, 3.05) is 18.9 Å². The highest BCUT2D eigenvalue weighted by molar-refractivity contribution is 8.07. The summed E-state index contributed by atoms with van der Waals surface area (Å²) in [6.07, 6.45) is -2.74. The smallest absolute Gasteiger partial charge is 0.351 e. The molecule has 2 aromatic heterocycles. The van der Waals surface area contributed by atoms with Gasteiger partial charge in [0.2, 0.25) is 0 Å². The Balaban J connectivity index is 1.37. The number of hydrogen-bond donors (Lipinski definition) is 5. The van der Waals surface area contributed by atoms with Gasteiger partial charge in [-0.15, -0.1) is 0 Å². The summed E-state index contributed by atoms with van der Waals surface area (Å²) in [7, 11) is 0. The Hall–Kier alpha value is -2.27. The second kappa shape index (κ2) is 10.6. The third kappa shape index (κ3) is 5.82. The first kappa shape index (κ1) is 26.8. The third-order valence-corrected chi connectivity index (χ3v) is 7.44. The minimum absolute atomic E-state index is 0.0314. The van der Waals surface area contributed by atoms with Crippen molar-refractivity contribution in [3.8, 4) is 0 Å². The number of ether oxygens (including phenoxy) is 2. The Kier molecular flexibility index (Phi) is 7.89. The second-order valence-corrected chi connectivity index (χ2v) is 11.2. The summed E-state index contributed by atoms with van der Waals surface area (Å²) in [6.45, 7) is -3.22. The first-order valence-corrected chi connectivity index (χ1v) is 13.5. The molecule has 0 saturated carbocycles. The first-order valence-electron chi connectivity index (χ1n) is 10.9. The fraction of sp³-hybridized carbons (Fsp3) is 0.579. The van der Waals surface area contributed by atoms with Gasteiger partial charge in [-0.3, -0.25) is 18.9 Å². The van der Waals surface area contributed by atoms with E-state index >= 15 is 0 Å². The molecule has 2 aromatic rings. The monoisotopic (exact) mass is 547 g/mol. The van der Waals surface area contributed by atoms with E-state index in [0.29, 0.717) is 5.56 Å². The van der Waals surface area contributed by atoms with Crippen molar-refractivity contribution >= 4 is 24.3 Å². The molecule has 2 fully saturated rings. The number of nitrogens with two attached hydrogens (primary N) is 1. The fourth-order valence-corrected chi connectivity index (χ4v) is 5.47. The van der Waals surface area contributed by atoms with Crippen LogP contribution in [0.4, 0.5) is 5.82 Å². The Morgan fingerprint density at radius 2 is 1.94 bits per heavy atom. The predicted octanol–water partition coefficient (Wildman–Crippen LogP) is -1.77. The first-order chi connectivity index (χ1) is 17.0. The lowest BCUT2D eigenvalue weighted by atomic mass is 10.2. The Labute approximate surface area is 208 Å². The van der Waals surface area contributed by atoms with Gasteiger partial charge in [-0.25, -0.2) is 9.59 Å². The molecule has 4 heterocycles. The van der Waals surface area contributed by atoms with Crippen LogP contribution in [0.25, 0.3) is 0 Å². The van der Waals surface area contributed by atoms with Crippen LogP contribution >= 0.6 is 6.72 Å². The maximum atomic E-state index is 12.1. The zero-order valence-electron chi connectivity index (χ0n) is 19.0. The summed E-state index contributed by atoms with van der Waals surface area (Å²) in [6, 6.07) is 1.41. The van der Waals surface area contributed by atoms with Crippen LogP contribution in [0, 0.1) is 6.92 Å². The minimum Gasteiger partial charge on any atom is -0.394 e. The summed E-state index contributed by atoms with van der Waals surface area (Å²) >= 11 is 5.08. The average Bonchev–Trinajstić information content (AvgIpc) is 3.37. The number of nitrogen functional groups attached to an aromatic ring is 1. The normalized spacial score (nSPS) is 29.9. The lowest BCUT2D eigenvalue weighted by Crippen LogP contribution is -2.33. The van der Waals surface area contributed by atoms with Crippen molar-refractivity contribution in [2.24, 2.45) is 0 Å². The van der Waals surface area contributed by atoms with Gasteiger partial charge in [-0.2, -0.15) is 4.98 Å². The molecule has 0 aliphatic carbocycles. The van der Waals surface area contributed by atoms with E-state index in [9.17, 15) is 29.5 Å². The highest BCUT2D eigenvalue weighted by Gasteiger charge is 2.41. The van der Waals surface area contributed by atoms with E-state index in [4.69, 9.17) is 36.1 Å². The van der Waals surface area contributed by atoms with Gasteiger partial charge in [0.05, 0.1) is 25.4 Å². The largest absolute Gasteiger partial charge is 0.394 e. The van der Waals surface area contributed by atoms with Crippen molar-refractivity contribution in [2.45, 2.75) is 56.6 Å². The highest BCUT2D eigenvalue weighted by atomic mass is 32.5. The molecule has 36 heavy (non-hydrogen) atoms. The number of aryl methyl sites for hydroxylation is 1. The number of aromatic nitrogens is 4. The predicted molar refractivity (Wildman–Crippen MR) is 126 cm³/mol. The highest BCUT2D eigenvalue weighted by Crippen LogP contribution is 2.49. The molecule has 2 aliphatic heterocycles. The topological polar surface area (TPSA) is 213 Å². The number of aliphatic hydroxyl groups is 2. The number of aliphatic hydroxyl groups excluding tert-OH is 2. The summed E-state index contributed by atoms with van der Waals surface area (Å²) in [5.41, 5.74) is 3.92. The van der Waals surface area contributed by atoms with Gasteiger partial charge in [-0.1, -0.05) is 0 Å². The van der Waals surface area contributed by atoms with E-state index in [1.165, 1.54) is 30.0 Å². The van der Waals surface area contributed by atoms with Crippen LogP contribution < -0.4 is 22.7 Å². The van der Waals surface area contributed by atoms with Crippen molar-refractivity contribution < 1.29 is 33.6 Å². The number of H-pyrrole nitrogens is 1. The van der Waals surface area contributed by atoms with Crippen LogP contribution in [0.3, 0.4) is 0 Å². The van der Waals surface area contributed by atoms with Gasteiger partial charge in [0.15, 0.2) is 0 Å². The molecule has 6 N–H and O–H groups in total. The molecule has 0 bridgehead atoms. The molecule has 0 amide bonds. The fourth-order valence-electron chi connectivity index (χ4n) is 4.00.